The average Bonchev–Trinajstić information content (AvgIpc) is 3.45. The molecule has 1 aliphatic rings. The SMILES string of the molecule is Cc1ccc(CC(c2cnc[nH]2)N(C2CCOc3ccccc32)[C@@H](Cc2ccc(Cl)cc2)C(N)=O)cc1. The summed E-state index contributed by atoms with van der Waals surface area (Å²) >= 11 is 6.14. The van der Waals surface area contributed by atoms with Crippen molar-refractivity contribution in [1.29, 1.82) is 0 Å². The first-order chi connectivity index (χ1) is 18.0. The highest BCUT2D eigenvalue weighted by Crippen LogP contribution is 2.42. The second-order valence-electron chi connectivity index (χ2n) is 9.60. The molecule has 0 fully saturated rings. The number of aryl methyl sites for hydroxylation is 1. The Bertz CT molecular complexity index is 1320. The van der Waals surface area contributed by atoms with Gasteiger partial charge in [-0.1, -0.05) is 71.8 Å². The second-order valence-corrected chi connectivity index (χ2v) is 10.0. The van der Waals surface area contributed by atoms with E-state index in [4.69, 9.17) is 22.1 Å². The van der Waals surface area contributed by atoms with Crippen molar-refractivity contribution < 1.29 is 9.53 Å². The predicted octanol–water partition coefficient (Wildman–Crippen LogP) is 5.58. The number of nitrogens with one attached hydrogen (secondary N) is 1. The summed E-state index contributed by atoms with van der Waals surface area (Å²) < 4.78 is 6.00. The van der Waals surface area contributed by atoms with Gasteiger partial charge < -0.3 is 15.5 Å². The third-order valence-electron chi connectivity index (χ3n) is 7.11. The van der Waals surface area contributed by atoms with Gasteiger partial charge in [0.05, 0.1) is 30.7 Å². The van der Waals surface area contributed by atoms with Crippen molar-refractivity contribution in [3.8, 4) is 5.75 Å². The van der Waals surface area contributed by atoms with Crippen molar-refractivity contribution in [2.75, 3.05) is 6.61 Å². The summed E-state index contributed by atoms with van der Waals surface area (Å²) in [6.45, 7) is 2.64. The molecule has 7 heteroatoms. The van der Waals surface area contributed by atoms with Crippen LogP contribution in [-0.2, 0) is 17.6 Å². The number of hydrogen-bond acceptors (Lipinski definition) is 4. The topological polar surface area (TPSA) is 84.2 Å². The maximum Gasteiger partial charge on any atom is 0.235 e. The molecule has 190 valence electrons. The van der Waals surface area contributed by atoms with Crippen LogP contribution in [0.15, 0.2) is 85.3 Å². The average molecular weight is 515 g/mol. The minimum Gasteiger partial charge on any atom is -0.493 e. The summed E-state index contributed by atoms with van der Waals surface area (Å²) in [6.07, 6.45) is 5.42. The van der Waals surface area contributed by atoms with E-state index in [2.05, 4.69) is 52.1 Å². The van der Waals surface area contributed by atoms with Crippen LogP contribution >= 0.6 is 11.6 Å². The van der Waals surface area contributed by atoms with E-state index in [9.17, 15) is 4.79 Å². The lowest BCUT2D eigenvalue weighted by molar-refractivity contribution is -0.126. The number of fused-ring (bicyclic) bond motifs is 1. The zero-order valence-corrected chi connectivity index (χ0v) is 21.6. The highest BCUT2D eigenvalue weighted by molar-refractivity contribution is 6.30. The molecule has 0 bridgehead atoms. The summed E-state index contributed by atoms with van der Waals surface area (Å²) in [6, 6.07) is 23.4. The monoisotopic (exact) mass is 514 g/mol. The number of imidazole rings is 1. The lowest BCUT2D eigenvalue weighted by Crippen LogP contribution is -2.51. The summed E-state index contributed by atoms with van der Waals surface area (Å²) in [7, 11) is 0. The zero-order valence-electron chi connectivity index (χ0n) is 20.8. The fourth-order valence-electron chi connectivity index (χ4n) is 5.25. The quantitative estimate of drug-likeness (QED) is 0.305. The van der Waals surface area contributed by atoms with Gasteiger partial charge in [-0.15, -0.1) is 0 Å². The number of benzene rings is 3. The van der Waals surface area contributed by atoms with Gasteiger partial charge in [0.25, 0.3) is 0 Å². The minimum atomic E-state index is -0.573. The molecule has 37 heavy (non-hydrogen) atoms. The molecule has 2 unspecified atom stereocenters. The number of nitrogens with zero attached hydrogens (tertiary/aromatic N) is 2. The first-order valence-corrected chi connectivity index (χ1v) is 12.9. The first kappa shape index (κ1) is 25.1. The van der Waals surface area contributed by atoms with Gasteiger partial charge in [-0.2, -0.15) is 0 Å². The number of rotatable bonds is 9. The number of primary amides is 1. The number of carbonyl (C=O) groups is 1. The Morgan fingerprint density at radius 1 is 1.08 bits per heavy atom. The predicted molar refractivity (Wildman–Crippen MR) is 145 cm³/mol. The molecular weight excluding hydrogens is 484 g/mol. The molecule has 5 rings (SSSR count). The van der Waals surface area contributed by atoms with Gasteiger partial charge in [0.2, 0.25) is 5.91 Å². The molecule has 1 aliphatic heterocycles. The molecule has 6 nitrogen and oxygen atoms in total. The summed E-state index contributed by atoms with van der Waals surface area (Å²) in [5.74, 6) is 0.476. The maximum absolute atomic E-state index is 13.2. The lowest BCUT2D eigenvalue weighted by atomic mass is 9.90. The van der Waals surface area contributed by atoms with Crippen LogP contribution in [-0.4, -0.2) is 33.4 Å². The summed E-state index contributed by atoms with van der Waals surface area (Å²) in [4.78, 5) is 23.2. The van der Waals surface area contributed by atoms with Crippen molar-refractivity contribution in [2.45, 2.75) is 44.3 Å². The Hall–Kier alpha value is -3.61. The van der Waals surface area contributed by atoms with Crippen LogP contribution in [0.4, 0.5) is 0 Å². The van der Waals surface area contributed by atoms with E-state index < -0.39 is 6.04 Å². The van der Waals surface area contributed by atoms with Gasteiger partial charge in [0, 0.05) is 29.2 Å². The number of halogens is 1. The number of ether oxygens (including phenoxy) is 1. The van der Waals surface area contributed by atoms with Crippen molar-refractivity contribution in [2.24, 2.45) is 5.73 Å². The molecule has 0 saturated heterocycles. The molecule has 0 aliphatic carbocycles. The van der Waals surface area contributed by atoms with Crippen LogP contribution < -0.4 is 10.5 Å². The van der Waals surface area contributed by atoms with Crippen molar-refractivity contribution in [1.82, 2.24) is 14.9 Å². The second kappa shape index (κ2) is 11.2. The van der Waals surface area contributed by atoms with Crippen LogP contribution in [0.2, 0.25) is 5.02 Å². The van der Waals surface area contributed by atoms with E-state index in [1.165, 1.54) is 11.1 Å². The number of amides is 1. The van der Waals surface area contributed by atoms with Gasteiger partial charge in [-0.05, 0) is 49.1 Å². The van der Waals surface area contributed by atoms with Crippen LogP contribution in [0.25, 0.3) is 0 Å². The van der Waals surface area contributed by atoms with E-state index >= 15 is 0 Å². The van der Waals surface area contributed by atoms with E-state index in [0.29, 0.717) is 24.5 Å². The molecule has 0 saturated carbocycles. The first-order valence-electron chi connectivity index (χ1n) is 12.6. The molecular formula is C30H31ClN4O2. The van der Waals surface area contributed by atoms with Crippen molar-refractivity contribution in [3.63, 3.8) is 0 Å². The standard InChI is InChI=1S/C30H31ClN4O2/c1-20-6-8-21(9-7-20)16-27(25-18-33-19-34-25)35(26-14-15-37-29-5-3-2-4-24(26)29)28(30(32)36)17-22-10-12-23(31)13-11-22/h2-13,18-19,26-28H,14-17H2,1H3,(H2,32,36)(H,33,34)/t26?,27?,28-/m0/s1. The molecule has 0 spiro atoms. The number of para-hydroxylation sites is 1. The number of carbonyl (C=O) groups excluding carboxylic acids is 1. The molecule has 1 amide bonds. The van der Waals surface area contributed by atoms with Crippen LogP contribution in [0, 0.1) is 6.92 Å². The molecule has 2 heterocycles. The smallest absolute Gasteiger partial charge is 0.235 e. The highest BCUT2D eigenvalue weighted by Gasteiger charge is 2.40. The molecule has 1 aromatic heterocycles. The Morgan fingerprint density at radius 2 is 1.78 bits per heavy atom. The fourth-order valence-corrected chi connectivity index (χ4v) is 5.38. The number of H-pyrrole nitrogens is 1. The maximum atomic E-state index is 13.2. The van der Waals surface area contributed by atoms with E-state index in [1.807, 2.05) is 48.7 Å². The van der Waals surface area contributed by atoms with E-state index in [-0.39, 0.29) is 18.0 Å². The number of hydrogen-bond donors (Lipinski definition) is 2. The highest BCUT2D eigenvalue weighted by atomic mass is 35.5. The van der Waals surface area contributed by atoms with E-state index in [0.717, 1.165) is 29.0 Å². The normalized spacial score (nSPS) is 16.6. The largest absolute Gasteiger partial charge is 0.493 e. The number of aromatic amines is 1. The molecule has 3 atom stereocenters. The van der Waals surface area contributed by atoms with Gasteiger partial charge in [-0.25, -0.2) is 4.98 Å². The third-order valence-corrected chi connectivity index (χ3v) is 7.36. The Labute approximate surface area is 222 Å². The summed E-state index contributed by atoms with van der Waals surface area (Å²) in [5.41, 5.74) is 11.6. The van der Waals surface area contributed by atoms with Gasteiger partial charge in [0.15, 0.2) is 0 Å². The van der Waals surface area contributed by atoms with Crippen LogP contribution in [0.1, 0.15) is 46.5 Å². The summed E-state index contributed by atoms with van der Waals surface area (Å²) in [5, 5.41) is 0.657. The van der Waals surface area contributed by atoms with Crippen LogP contribution in [0.3, 0.4) is 0 Å². The Morgan fingerprint density at radius 3 is 2.49 bits per heavy atom. The van der Waals surface area contributed by atoms with Gasteiger partial charge in [0.1, 0.15) is 5.75 Å². The Balaban J connectivity index is 1.63. The Kier molecular flexibility index (Phi) is 7.58. The molecule has 3 N–H and O–H groups in total. The number of nitrogens with two attached hydrogens (primary N) is 1. The fraction of sp³-hybridized carbons (Fsp3) is 0.267. The third kappa shape index (κ3) is 5.71. The zero-order chi connectivity index (χ0) is 25.8. The molecule has 3 aromatic carbocycles. The molecule has 0 radical (unpaired) electrons. The lowest BCUT2D eigenvalue weighted by Gasteiger charge is -2.44. The van der Waals surface area contributed by atoms with Gasteiger partial charge in [-0.3, -0.25) is 9.69 Å². The van der Waals surface area contributed by atoms with Gasteiger partial charge >= 0.3 is 0 Å². The van der Waals surface area contributed by atoms with Crippen LogP contribution in [0.5, 0.6) is 5.75 Å². The minimum absolute atomic E-state index is 0.0755. The van der Waals surface area contributed by atoms with Crippen molar-refractivity contribution >= 4 is 17.5 Å². The van der Waals surface area contributed by atoms with E-state index in [1.54, 1.807) is 6.33 Å². The van der Waals surface area contributed by atoms with Crippen molar-refractivity contribution in [3.05, 3.63) is 118 Å². The molecule has 4 aromatic rings. The number of aromatic nitrogens is 2.